The van der Waals surface area contributed by atoms with Gasteiger partial charge in [-0.15, -0.1) is 0 Å². The maximum Gasteiger partial charge on any atom is 0.264 e. The van der Waals surface area contributed by atoms with E-state index in [1.165, 1.54) is 18.0 Å². The first-order chi connectivity index (χ1) is 12.5. The van der Waals surface area contributed by atoms with Gasteiger partial charge in [0.05, 0.1) is 0 Å². The first kappa shape index (κ1) is 18.2. The van der Waals surface area contributed by atoms with Crippen LogP contribution in [-0.4, -0.2) is 46.3 Å². The van der Waals surface area contributed by atoms with Crippen molar-refractivity contribution in [3.05, 3.63) is 58.0 Å². The van der Waals surface area contributed by atoms with Gasteiger partial charge in [0.2, 0.25) is 5.91 Å². The standard InChI is InChI=1S/C18H20N4O3S/c1-22-10-13(7-8-15(22)23)20-16(24)14-9-19-18(21-17(14)25)26-11-12-5-3-2-4-6-12/h2-6,9,13H,7-8,10-11H2,1H3,(H,20,24)(H,19,21,25). The number of carbonyl (C=O) groups is 2. The van der Waals surface area contributed by atoms with E-state index < -0.39 is 11.5 Å². The Labute approximate surface area is 155 Å². The Bertz CT molecular complexity index is 853. The predicted molar refractivity (Wildman–Crippen MR) is 99.0 cm³/mol. The number of nitrogens with zero attached hydrogens (tertiary/aromatic N) is 2. The predicted octanol–water partition coefficient (Wildman–Crippen LogP) is 1.41. The SMILES string of the molecule is CN1CC(NC(=O)c2cnc(SCc3ccccc3)[nH]c2=O)CCC1=O. The highest BCUT2D eigenvalue weighted by atomic mass is 32.2. The number of hydrogen-bond donors (Lipinski definition) is 2. The lowest BCUT2D eigenvalue weighted by molar-refractivity contribution is -0.132. The number of aromatic nitrogens is 2. The average Bonchev–Trinajstić information content (AvgIpc) is 2.64. The summed E-state index contributed by atoms with van der Waals surface area (Å²) in [4.78, 5) is 44.5. The third kappa shape index (κ3) is 4.51. The van der Waals surface area contributed by atoms with Gasteiger partial charge < -0.3 is 15.2 Å². The Kier molecular flexibility index (Phi) is 5.72. The van der Waals surface area contributed by atoms with Crippen molar-refractivity contribution in [1.29, 1.82) is 0 Å². The minimum atomic E-state index is -0.467. The van der Waals surface area contributed by atoms with Gasteiger partial charge in [0, 0.05) is 38.0 Å². The average molecular weight is 372 g/mol. The van der Waals surface area contributed by atoms with Crippen LogP contribution in [0.25, 0.3) is 0 Å². The lowest BCUT2D eigenvalue weighted by Crippen LogP contribution is -2.49. The van der Waals surface area contributed by atoms with Crippen LogP contribution < -0.4 is 10.9 Å². The molecule has 2 N–H and O–H groups in total. The second-order valence-corrected chi connectivity index (χ2v) is 7.15. The molecule has 1 aromatic carbocycles. The van der Waals surface area contributed by atoms with Crippen LogP contribution in [0.2, 0.25) is 0 Å². The summed E-state index contributed by atoms with van der Waals surface area (Å²) < 4.78 is 0. The van der Waals surface area contributed by atoms with Gasteiger partial charge in [0.25, 0.3) is 11.5 Å². The number of nitrogens with one attached hydrogen (secondary N) is 2. The van der Waals surface area contributed by atoms with Gasteiger partial charge in [-0.3, -0.25) is 14.4 Å². The van der Waals surface area contributed by atoms with Crippen LogP contribution in [-0.2, 0) is 10.5 Å². The van der Waals surface area contributed by atoms with Gasteiger partial charge in [-0.1, -0.05) is 42.1 Å². The topological polar surface area (TPSA) is 95.2 Å². The lowest BCUT2D eigenvalue weighted by atomic mass is 10.1. The second-order valence-electron chi connectivity index (χ2n) is 6.19. The summed E-state index contributed by atoms with van der Waals surface area (Å²) in [5.41, 5.74) is 0.639. The van der Waals surface area contributed by atoms with Crippen molar-refractivity contribution in [2.24, 2.45) is 0 Å². The molecule has 0 radical (unpaired) electrons. The van der Waals surface area contributed by atoms with Crippen LogP contribution in [0.5, 0.6) is 0 Å². The van der Waals surface area contributed by atoms with Gasteiger partial charge in [-0.05, 0) is 12.0 Å². The largest absolute Gasteiger partial charge is 0.347 e. The van der Waals surface area contributed by atoms with Crippen molar-refractivity contribution >= 4 is 23.6 Å². The molecule has 1 aliphatic rings. The van der Waals surface area contributed by atoms with Crippen molar-refractivity contribution in [3.8, 4) is 0 Å². The molecule has 1 atom stereocenters. The maximum absolute atomic E-state index is 12.3. The number of amides is 2. The number of rotatable bonds is 5. The number of thioether (sulfide) groups is 1. The van der Waals surface area contributed by atoms with Gasteiger partial charge in [-0.25, -0.2) is 4.98 Å². The van der Waals surface area contributed by atoms with Gasteiger partial charge >= 0.3 is 0 Å². The Morgan fingerprint density at radius 2 is 2.12 bits per heavy atom. The van der Waals surface area contributed by atoms with Crippen LogP contribution in [0.15, 0.2) is 46.5 Å². The third-order valence-electron chi connectivity index (χ3n) is 4.20. The van der Waals surface area contributed by atoms with Crippen LogP contribution in [0.4, 0.5) is 0 Å². The highest BCUT2D eigenvalue weighted by molar-refractivity contribution is 7.98. The van der Waals surface area contributed by atoms with Crippen molar-refractivity contribution < 1.29 is 9.59 Å². The minimum Gasteiger partial charge on any atom is -0.347 e. The van der Waals surface area contributed by atoms with Crippen LogP contribution in [0.1, 0.15) is 28.8 Å². The minimum absolute atomic E-state index is 0.0198. The summed E-state index contributed by atoms with van der Waals surface area (Å²) in [5, 5.41) is 3.28. The number of likely N-dealkylation sites (N-methyl/N-ethyl adjacent to an activating group) is 1. The lowest BCUT2D eigenvalue weighted by Gasteiger charge is -2.30. The van der Waals surface area contributed by atoms with E-state index in [0.717, 1.165) is 5.56 Å². The molecule has 1 aromatic heterocycles. The fourth-order valence-corrected chi connectivity index (χ4v) is 3.52. The van der Waals surface area contributed by atoms with Gasteiger partial charge in [0.15, 0.2) is 5.16 Å². The third-order valence-corrected chi connectivity index (χ3v) is 5.16. The number of benzene rings is 1. The van der Waals surface area contributed by atoms with Crippen molar-refractivity contribution in [3.63, 3.8) is 0 Å². The number of aromatic amines is 1. The van der Waals surface area contributed by atoms with E-state index in [1.807, 2.05) is 30.3 Å². The molecule has 0 bridgehead atoms. The van der Waals surface area contributed by atoms with E-state index >= 15 is 0 Å². The Balaban J connectivity index is 1.61. The molecule has 1 fully saturated rings. The molecule has 1 saturated heterocycles. The smallest absolute Gasteiger partial charge is 0.264 e. The quantitative estimate of drug-likeness (QED) is 0.611. The molecule has 0 aliphatic carbocycles. The molecule has 7 nitrogen and oxygen atoms in total. The summed E-state index contributed by atoms with van der Waals surface area (Å²) in [7, 11) is 1.70. The summed E-state index contributed by atoms with van der Waals surface area (Å²) in [6.45, 7) is 0.445. The highest BCUT2D eigenvalue weighted by Gasteiger charge is 2.25. The Hall–Kier alpha value is -2.61. The van der Waals surface area contributed by atoms with E-state index in [1.54, 1.807) is 11.9 Å². The zero-order chi connectivity index (χ0) is 18.5. The van der Waals surface area contributed by atoms with E-state index in [-0.39, 0.29) is 17.5 Å². The molecule has 26 heavy (non-hydrogen) atoms. The molecular weight excluding hydrogens is 352 g/mol. The molecule has 0 spiro atoms. The van der Waals surface area contributed by atoms with E-state index in [9.17, 15) is 14.4 Å². The Morgan fingerprint density at radius 3 is 2.81 bits per heavy atom. The Morgan fingerprint density at radius 1 is 1.35 bits per heavy atom. The molecule has 2 heterocycles. The number of hydrogen-bond acceptors (Lipinski definition) is 5. The summed E-state index contributed by atoms with van der Waals surface area (Å²) >= 11 is 1.40. The van der Waals surface area contributed by atoms with Crippen molar-refractivity contribution in [2.45, 2.75) is 29.8 Å². The van der Waals surface area contributed by atoms with E-state index in [0.29, 0.717) is 30.3 Å². The number of piperidine rings is 1. The normalized spacial score (nSPS) is 17.2. The van der Waals surface area contributed by atoms with Crippen molar-refractivity contribution in [1.82, 2.24) is 20.2 Å². The summed E-state index contributed by atoms with van der Waals surface area (Å²) in [6.07, 6.45) is 2.27. The monoisotopic (exact) mass is 372 g/mol. The summed E-state index contributed by atoms with van der Waals surface area (Å²) in [5.74, 6) is 0.276. The second kappa shape index (κ2) is 8.18. The van der Waals surface area contributed by atoms with Crippen LogP contribution in [0, 0.1) is 0 Å². The van der Waals surface area contributed by atoms with Crippen molar-refractivity contribution in [2.75, 3.05) is 13.6 Å². The summed E-state index contributed by atoms with van der Waals surface area (Å²) in [6, 6.07) is 9.70. The fraction of sp³-hybridized carbons (Fsp3) is 0.333. The van der Waals surface area contributed by atoms with Crippen LogP contribution in [0.3, 0.4) is 0 Å². The molecular formula is C18H20N4O3S. The first-order valence-corrected chi connectivity index (χ1v) is 9.32. The maximum atomic E-state index is 12.3. The molecule has 136 valence electrons. The molecule has 1 aliphatic heterocycles. The number of H-pyrrole nitrogens is 1. The highest BCUT2D eigenvalue weighted by Crippen LogP contribution is 2.17. The van der Waals surface area contributed by atoms with E-state index in [2.05, 4.69) is 15.3 Å². The number of likely N-dealkylation sites (tertiary alicyclic amines) is 1. The molecule has 2 amide bonds. The molecule has 0 saturated carbocycles. The molecule has 3 rings (SSSR count). The van der Waals surface area contributed by atoms with E-state index in [4.69, 9.17) is 0 Å². The number of carbonyl (C=O) groups excluding carboxylic acids is 2. The van der Waals surface area contributed by atoms with Gasteiger partial charge in [0.1, 0.15) is 5.56 Å². The zero-order valence-corrected chi connectivity index (χ0v) is 15.2. The molecule has 1 unspecified atom stereocenters. The first-order valence-electron chi connectivity index (χ1n) is 8.34. The molecule has 2 aromatic rings. The molecule has 8 heteroatoms. The van der Waals surface area contributed by atoms with Crippen LogP contribution >= 0.6 is 11.8 Å². The van der Waals surface area contributed by atoms with Gasteiger partial charge in [-0.2, -0.15) is 0 Å². The fourth-order valence-electron chi connectivity index (χ4n) is 2.73. The zero-order valence-electron chi connectivity index (χ0n) is 14.4.